The normalized spacial score (nSPS) is 11.8. The van der Waals surface area contributed by atoms with Gasteiger partial charge in [-0.3, -0.25) is 4.79 Å². The molecule has 0 saturated carbocycles. The maximum absolute atomic E-state index is 11.9. The molecule has 0 spiro atoms. The summed E-state index contributed by atoms with van der Waals surface area (Å²) in [4.78, 5) is 22.8. The molecule has 6 nitrogen and oxygen atoms in total. The number of nitrogens with zero attached hydrogens (tertiary/aromatic N) is 2. The second-order valence-electron chi connectivity index (χ2n) is 4.28. The lowest BCUT2D eigenvalue weighted by molar-refractivity contribution is -0.139. The van der Waals surface area contributed by atoms with Crippen LogP contribution in [-0.2, 0) is 4.79 Å². The van der Waals surface area contributed by atoms with Crippen molar-refractivity contribution in [3.05, 3.63) is 48.3 Å². The fourth-order valence-corrected chi connectivity index (χ4v) is 1.74. The smallest absolute Gasteiger partial charge is 0.326 e. The molecule has 1 heterocycles. The van der Waals surface area contributed by atoms with E-state index in [9.17, 15) is 9.59 Å². The van der Waals surface area contributed by atoms with E-state index in [-0.39, 0.29) is 0 Å². The van der Waals surface area contributed by atoms with Crippen LogP contribution in [0, 0.1) is 0 Å². The molecule has 1 amide bonds. The summed E-state index contributed by atoms with van der Waals surface area (Å²) in [6.07, 6.45) is 3.31. The van der Waals surface area contributed by atoms with Crippen LogP contribution in [0.4, 0.5) is 0 Å². The number of aromatic nitrogens is 2. The lowest BCUT2D eigenvalue weighted by Crippen LogP contribution is -2.40. The fraction of sp³-hybridized carbons (Fsp3) is 0.214. The average molecular weight is 273 g/mol. The predicted octanol–water partition coefficient (Wildman–Crippen LogP) is 1.47. The molecule has 20 heavy (non-hydrogen) atoms. The van der Waals surface area contributed by atoms with Gasteiger partial charge in [-0.05, 0) is 18.6 Å². The zero-order valence-electron chi connectivity index (χ0n) is 11.0. The Morgan fingerprint density at radius 1 is 1.35 bits per heavy atom. The maximum atomic E-state index is 11.9. The molecule has 0 aliphatic rings. The molecule has 0 bridgehead atoms. The van der Waals surface area contributed by atoms with Crippen LogP contribution in [-0.4, -0.2) is 32.8 Å². The second-order valence-corrected chi connectivity index (χ2v) is 4.28. The van der Waals surface area contributed by atoms with Crippen molar-refractivity contribution in [1.82, 2.24) is 15.1 Å². The van der Waals surface area contributed by atoms with Crippen LogP contribution >= 0.6 is 0 Å². The quantitative estimate of drug-likeness (QED) is 0.864. The number of aliphatic carboxylic acids is 1. The van der Waals surface area contributed by atoms with Gasteiger partial charge in [0, 0.05) is 6.20 Å². The highest BCUT2D eigenvalue weighted by Crippen LogP contribution is 2.08. The third-order valence-electron chi connectivity index (χ3n) is 2.88. The predicted molar refractivity (Wildman–Crippen MR) is 72.7 cm³/mol. The van der Waals surface area contributed by atoms with Gasteiger partial charge in [0.25, 0.3) is 5.91 Å². The van der Waals surface area contributed by atoms with Gasteiger partial charge in [0.15, 0.2) is 0 Å². The monoisotopic (exact) mass is 273 g/mol. The van der Waals surface area contributed by atoms with Crippen molar-refractivity contribution < 1.29 is 14.7 Å². The fourth-order valence-electron chi connectivity index (χ4n) is 1.74. The van der Waals surface area contributed by atoms with Crippen LogP contribution in [0.2, 0.25) is 0 Å². The summed E-state index contributed by atoms with van der Waals surface area (Å²) < 4.78 is 1.57. The number of amides is 1. The number of para-hydroxylation sites is 1. The second kappa shape index (κ2) is 6.01. The van der Waals surface area contributed by atoms with Crippen molar-refractivity contribution in [3.63, 3.8) is 0 Å². The minimum Gasteiger partial charge on any atom is -0.480 e. The van der Waals surface area contributed by atoms with Crippen molar-refractivity contribution >= 4 is 11.9 Å². The first kappa shape index (κ1) is 13.8. The van der Waals surface area contributed by atoms with E-state index in [1.54, 1.807) is 17.8 Å². The van der Waals surface area contributed by atoms with Crippen LogP contribution in [0.5, 0.6) is 0 Å². The number of carboxylic acids is 1. The standard InChI is InChI=1S/C14H15N3O3/c1-2-12(14(19)20)16-13(18)10-8-15-17(9-10)11-6-4-3-5-7-11/h3-9,12H,2H2,1H3,(H,16,18)(H,19,20)/t12-/m0/s1. The molecular weight excluding hydrogens is 258 g/mol. The number of hydrogen-bond donors (Lipinski definition) is 2. The topological polar surface area (TPSA) is 84.2 Å². The van der Waals surface area contributed by atoms with E-state index in [4.69, 9.17) is 5.11 Å². The molecule has 6 heteroatoms. The highest BCUT2D eigenvalue weighted by atomic mass is 16.4. The molecule has 104 valence electrons. The van der Waals surface area contributed by atoms with Gasteiger partial charge >= 0.3 is 5.97 Å². The Morgan fingerprint density at radius 3 is 2.65 bits per heavy atom. The molecule has 0 unspecified atom stereocenters. The maximum Gasteiger partial charge on any atom is 0.326 e. The van der Waals surface area contributed by atoms with Gasteiger partial charge < -0.3 is 10.4 Å². The molecule has 1 aromatic carbocycles. The number of benzene rings is 1. The number of carbonyl (C=O) groups is 2. The summed E-state index contributed by atoms with van der Waals surface area (Å²) in [5.41, 5.74) is 1.16. The van der Waals surface area contributed by atoms with Crippen LogP contribution in [0.25, 0.3) is 5.69 Å². The zero-order chi connectivity index (χ0) is 14.5. The molecule has 1 aromatic heterocycles. The molecule has 0 radical (unpaired) electrons. The third kappa shape index (κ3) is 3.03. The number of rotatable bonds is 5. The number of nitrogens with one attached hydrogen (secondary N) is 1. The average Bonchev–Trinajstić information content (AvgIpc) is 2.95. The molecule has 0 aliphatic heterocycles. The molecular formula is C14H15N3O3. The highest BCUT2D eigenvalue weighted by Gasteiger charge is 2.19. The van der Waals surface area contributed by atoms with Crippen LogP contribution in [0.1, 0.15) is 23.7 Å². The third-order valence-corrected chi connectivity index (χ3v) is 2.88. The summed E-state index contributed by atoms with van der Waals surface area (Å²) in [5, 5.41) is 15.5. The van der Waals surface area contributed by atoms with Gasteiger partial charge in [0.2, 0.25) is 0 Å². The number of carboxylic acid groups (broad SMARTS) is 1. The summed E-state index contributed by atoms with van der Waals surface area (Å²) >= 11 is 0. The Hall–Kier alpha value is -2.63. The van der Waals surface area contributed by atoms with Gasteiger partial charge in [-0.1, -0.05) is 25.1 Å². The molecule has 2 rings (SSSR count). The van der Waals surface area contributed by atoms with Crippen molar-refractivity contribution in [2.75, 3.05) is 0 Å². The largest absolute Gasteiger partial charge is 0.480 e. The van der Waals surface area contributed by atoms with Crippen LogP contribution < -0.4 is 5.32 Å². The molecule has 2 aromatic rings. The summed E-state index contributed by atoms with van der Waals surface area (Å²) in [7, 11) is 0. The first-order chi connectivity index (χ1) is 9.61. The summed E-state index contributed by atoms with van der Waals surface area (Å²) in [6.45, 7) is 1.70. The minimum absolute atomic E-state index is 0.327. The Morgan fingerprint density at radius 2 is 2.05 bits per heavy atom. The van der Waals surface area contributed by atoms with E-state index in [0.717, 1.165) is 5.69 Å². The number of carbonyl (C=O) groups excluding carboxylic acids is 1. The lowest BCUT2D eigenvalue weighted by atomic mass is 10.2. The van der Waals surface area contributed by atoms with Crippen LogP contribution in [0.3, 0.4) is 0 Å². The minimum atomic E-state index is -1.05. The Labute approximate surface area is 116 Å². The Balaban J connectivity index is 2.13. The van der Waals surface area contributed by atoms with Gasteiger partial charge in [-0.15, -0.1) is 0 Å². The Kier molecular flexibility index (Phi) is 4.14. The highest BCUT2D eigenvalue weighted by molar-refractivity contribution is 5.96. The number of hydrogen-bond acceptors (Lipinski definition) is 3. The molecule has 0 saturated heterocycles. The molecule has 0 aliphatic carbocycles. The lowest BCUT2D eigenvalue weighted by Gasteiger charge is -2.10. The summed E-state index contributed by atoms with van der Waals surface area (Å²) in [5.74, 6) is -1.49. The van der Waals surface area contributed by atoms with Crippen molar-refractivity contribution in [3.8, 4) is 5.69 Å². The van der Waals surface area contributed by atoms with E-state index < -0.39 is 17.9 Å². The van der Waals surface area contributed by atoms with Gasteiger partial charge in [0.1, 0.15) is 6.04 Å². The van der Waals surface area contributed by atoms with Crippen LogP contribution in [0.15, 0.2) is 42.7 Å². The van der Waals surface area contributed by atoms with Crippen molar-refractivity contribution in [1.29, 1.82) is 0 Å². The van der Waals surface area contributed by atoms with Crippen molar-refractivity contribution in [2.45, 2.75) is 19.4 Å². The summed E-state index contributed by atoms with van der Waals surface area (Å²) in [6, 6.07) is 8.46. The van der Waals surface area contributed by atoms with E-state index in [1.807, 2.05) is 30.3 Å². The zero-order valence-corrected chi connectivity index (χ0v) is 11.0. The SMILES string of the molecule is CC[C@H](NC(=O)c1cnn(-c2ccccc2)c1)C(=O)O. The van der Waals surface area contributed by atoms with Gasteiger partial charge in [0.05, 0.1) is 17.4 Å². The van der Waals surface area contributed by atoms with Gasteiger partial charge in [-0.25, -0.2) is 9.48 Å². The first-order valence-electron chi connectivity index (χ1n) is 6.25. The molecule has 0 fully saturated rings. The van der Waals surface area contributed by atoms with Crippen molar-refractivity contribution in [2.24, 2.45) is 0 Å². The van der Waals surface area contributed by atoms with E-state index in [1.165, 1.54) is 6.20 Å². The van der Waals surface area contributed by atoms with E-state index in [0.29, 0.717) is 12.0 Å². The molecule has 2 N–H and O–H groups in total. The Bertz CT molecular complexity index is 607. The first-order valence-corrected chi connectivity index (χ1v) is 6.25. The molecule has 1 atom stereocenters. The van der Waals surface area contributed by atoms with E-state index in [2.05, 4.69) is 10.4 Å². The van der Waals surface area contributed by atoms with Gasteiger partial charge in [-0.2, -0.15) is 5.10 Å². The van der Waals surface area contributed by atoms with E-state index >= 15 is 0 Å².